The number of Topliss-reactive ketones (excluding diaryl/α,β-unsaturated/α-hetero) is 1. The summed E-state index contributed by atoms with van der Waals surface area (Å²) in [6.07, 6.45) is 0.532. The van der Waals surface area contributed by atoms with Gasteiger partial charge in [0.25, 0.3) is 0 Å². The molecule has 3 nitrogen and oxygen atoms in total. The summed E-state index contributed by atoms with van der Waals surface area (Å²) in [6.45, 7) is 5.47. The molecule has 1 aliphatic rings. The normalized spacial score (nSPS) is 25.6. The van der Waals surface area contributed by atoms with Gasteiger partial charge in [-0.15, -0.1) is 11.3 Å². The summed E-state index contributed by atoms with van der Waals surface area (Å²) in [6, 6.07) is 4.41. The molecule has 0 aromatic carbocycles. The first-order valence-corrected chi connectivity index (χ1v) is 6.40. The minimum absolute atomic E-state index is 0.165. The average molecular weight is 239 g/mol. The molecule has 16 heavy (non-hydrogen) atoms. The zero-order valence-electron chi connectivity index (χ0n) is 9.66. The summed E-state index contributed by atoms with van der Waals surface area (Å²) < 4.78 is 5.42. The topological polar surface area (TPSA) is 38.3 Å². The van der Waals surface area contributed by atoms with Crippen molar-refractivity contribution in [2.24, 2.45) is 0 Å². The Morgan fingerprint density at radius 1 is 1.56 bits per heavy atom. The van der Waals surface area contributed by atoms with Crippen LogP contribution >= 0.6 is 11.3 Å². The molecule has 0 saturated carbocycles. The van der Waals surface area contributed by atoms with Crippen LogP contribution in [0.2, 0.25) is 0 Å². The van der Waals surface area contributed by atoms with E-state index in [-0.39, 0.29) is 11.8 Å². The van der Waals surface area contributed by atoms with Crippen LogP contribution in [0.3, 0.4) is 0 Å². The van der Waals surface area contributed by atoms with E-state index in [0.29, 0.717) is 19.1 Å². The fourth-order valence-electron chi connectivity index (χ4n) is 1.91. The first kappa shape index (κ1) is 11.8. The van der Waals surface area contributed by atoms with Crippen LogP contribution in [0.5, 0.6) is 0 Å². The molecule has 4 heteroatoms. The number of ketones is 1. The van der Waals surface area contributed by atoms with Crippen LogP contribution in [0, 0.1) is 6.92 Å². The summed E-state index contributed by atoms with van der Waals surface area (Å²) >= 11 is 1.57. The highest BCUT2D eigenvalue weighted by molar-refractivity contribution is 7.14. The third-order valence-corrected chi connectivity index (χ3v) is 3.70. The maximum Gasteiger partial charge on any atom is 0.174 e. The fourth-order valence-corrected chi connectivity index (χ4v) is 2.73. The number of hydrogen-bond acceptors (Lipinski definition) is 4. The largest absolute Gasteiger partial charge is 0.378 e. The van der Waals surface area contributed by atoms with Crippen molar-refractivity contribution in [1.29, 1.82) is 0 Å². The highest BCUT2D eigenvalue weighted by atomic mass is 32.1. The SMILES string of the molecule is Cc1ccc(C(=O)CC2COCC(C)N2)s1. The van der Waals surface area contributed by atoms with Gasteiger partial charge in [-0.05, 0) is 26.0 Å². The number of thiophene rings is 1. The molecule has 2 rings (SSSR count). The van der Waals surface area contributed by atoms with Gasteiger partial charge in [-0.25, -0.2) is 0 Å². The second kappa shape index (κ2) is 5.08. The van der Waals surface area contributed by atoms with Gasteiger partial charge in [-0.1, -0.05) is 0 Å². The lowest BCUT2D eigenvalue weighted by Gasteiger charge is -2.28. The van der Waals surface area contributed by atoms with Gasteiger partial charge in [0, 0.05) is 23.4 Å². The molecule has 0 aliphatic carbocycles. The van der Waals surface area contributed by atoms with E-state index in [1.165, 1.54) is 4.88 Å². The van der Waals surface area contributed by atoms with Crippen LogP contribution in [0.15, 0.2) is 12.1 Å². The van der Waals surface area contributed by atoms with Crippen molar-refractivity contribution in [1.82, 2.24) is 5.32 Å². The van der Waals surface area contributed by atoms with Crippen LogP contribution in [0.1, 0.15) is 27.9 Å². The van der Waals surface area contributed by atoms with E-state index in [4.69, 9.17) is 4.74 Å². The predicted octanol–water partition coefficient (Wildman–Crippen LogP) is 2.01. The van der Waals surface area contributed by atoms with Gasteiger partial charge < -0.3 is 10.1 Å². The Hall–Kier alpha value is -0.710. The predicted molar refractivity (Wildman–Crippen MR) is 65.2 cm³/mol. The number of morpholine rings is 1. The molecule has 0 amide bonds. The molecule has 1 aromatic heterocycles. The zero-order valence-corrected chi connectivity index (χ0v) is 10.5. The molecule has 0 radical (unpaired) electrons. The lowest BCUT2D eigenvalue weighted by atomic mass is 10.1. The molecule has 1 aliphatic heterocycles. The Balaban J connectivity index is 1.92. The number of nitrogens with one attached hydrogen (secondary N) is 1. The molecule has 1 aromatic rings. The number of hydrogen-bond donors (Lipinski definition) is 1. The van der Waals surface area contributed by atoms with Crippen molar-refractivity contribution in [3.63, 3.8) is 0 Å². The Morgan fingerprint density at radius 2 is 2.38 bits per heavy atom. The van der Waals surface area contributed by atoms with Gasteiger partial charge in [0.05, 0.1) is 18.1 Å². The molecule has 0 spiro atoms. The van der Waals surface area contributed by atoms with E-state index in [1.807, 2.05) is 19.1 Å². The lowest BCUT2D eigenvalue weighted by molar-refractivity contribution is 0.0464. The highest BCUT2D eigenvalue weighted by Gasteiger charge is 2.21. The van der Waals surface area contributed by atoms with Gasteiger partial charge in [-0.3, -0.25) is 4.79 Å². The summed E-state index contributed by atoms with van der Waals surface area (Å²) in [5, 5.41) is 3.38. The molecule has 2 unspecified atom stereocenters. The first-order chi connectivity index (χ1) is 7.65. The van der Waals surface area contributed by atoms with Crippen molar-refractivity contribution in [3.05, 3.63) is 21.9 Å². The Kier molecular flexibility index (Phi) is 3.74. The van der Waals surface area contributed by atoms with Crippen molar-refractivity contribution in [2.45, 2.75) is 32.4 Å². The van der Waals surface area contributed by atoms with E-state index in [1.54, 1.807) is 11.3 Å². The number of carbonyl (C=O) groups excluding carboxylic acids is 1. The summed E-state index contributed by atoms with van der Waals surface area (Å²) in [7, 11) is 0. The van der Waals surface area contributed by atoms with E-state index in [2.05, 4.69) is 12.2 Å². The monoisotopic (exact) mass is 239 g/mol. The van der Waals surface area contributed by atoms with E-state index in [0.717, 1.165) is 11.5 Å². The molecular formula is C12H17NO2S. The fraction of sp³-hybridized carbons (Fsp3) is 0.583. The minimum Gasteiger partial charge on any atom is -0.378 e. The Labute approximate surface area is 99.8 Å². The minimum atomic E-state index is 0.165. The second-order valence-electron chi connectivity index (χ2n) is 4.34. The summed E-state index contributed by atoms with van der Waals surface area (Å²) in [5.74, 6) is 0.216. The van der Waals surface area contributed by atoms with Crippen molar-refractivity contribution in [3.8, 4) is 0 Å². The van der Waals surface area contributed by atoms with Gasteiger partial charge >= 0.3 is 0 Å². The maximum absolute atomic E-state index is 11.9. The maximum atomic E-state index is 11.9. The smallest absolute Gasteiger partial charge is 0.174 e. The third kappa shape index (κ3) is 2.90. The first-order valence-electron chi connectivity index (χ1n) is 5.58. The van der Waals surface area contributed by atoms with Gasteiger partial charge in [0.1, 0.15) is 0 Å². The molecule has 1 N–H and O–H groups in total. The highest BCUT2D eigenvalue weighted by Crippen LogP contribution is 2.18. The number of carbonyl (C=O) groups is 1. The molecule has 1 saturated heterocycles. The Morgan fingerprint density at radius 3 is 3.00 bits per heavy atom. The van der Waals surface area contributed by atoms with Crippen LogP contribution in [0.4, 0.5) is 0 Å². The molecule has 0 bridgehead atoms. The molecular weight excluding hydrogens is 222 g/mol. The molecule has 2 heterocycles. The van der Waals surface area contributed by atoms with Crippen molar-refractivity contribution < 1.29 is 9.53 Å². The second-order valence-corrected chi connectivity index (χ2v) is 5.63. The average Bonchev–Trinajstić information content (AvgIpc) is 2.65. The summed E-state index contributed by atoms with van der Waals surface area (Å²) in [5.41, 5.74) is 0. The van der Waals surface area contributed by atoms with Gasteiger partial charge in [-0.2, -0.15) is 0 Å². The van der Waals surface area contributed by atoms with E-state index >= 15 is 0 Å². The quantitative estimate of drug-likeness (QED) is 0.820. The van der Waals surface area contributed by atoms with Crippen LogP contribution < -0.4 is 5.32 Å². The van der Waals surface area contributed by atoms with Crippen LogP contribution in [0.25, 0.3) is 0 Å². The van der Waals surface area contributed by atoms with Crippen LogP contribution in [-0.2, 0) is 4.74 Å². The standard InChI is InChI=1S/C12H17NO2S/c1-8-6-15-7-10(13-8)5-11(14)12-4-3-9(2)16-12/h3-4,8,10,13H,5-7H2,1-2H3. The molecule has 1 fully saturated rings. The summed E-state index contributed by atoms with van der Waals surface area (Å²) in [4.78, 5) is 14.0. The number of ether oxygens (including phenoxy) is 1. The van der Waals surface area contributed by atoms with Crippen molar-refractivity contribution >= 4 is 17.1 Å². The van der Waals surface area contributed by atoms with Gasteiger partial charge in [0.15, 0.2) is 5.78 Å². The molecule has 2 atom stereocenters. The van der Waals surface area contributed by atoms with E-state index < -0.39 is 0 Å². The van der Waals surface area contributed by atoms with Crippen LogP contribution in [-0.4, -0.2) is 31.1 Å². The van der Waals surface area contributed by atoms with Crippen molar-refractivity contribution in [2.75, 3.05) is 13.2 Å². The zero-order chi connectivity index (χ0) is 11.5. The molecule has 88 valence electrons. The Bertz CT molecular complexity index is 375. The lowest BCUT2D eigenvalue weighted by Crippen LogP contribution is -2.48. The van der Waals surface area contributed by atoms with E-state index in [9.17, 15) is 4.79 Å². The third-order valence-electron chi connectivity index (χ3n) is 2.65. The van der Waals surface area contributed by atoms with Gasteiger partial charge in [0.2, 0.25) is 0 Å². The number of aryl methyl sites for hydroxylation is 1. The number of rotatable bonds is 3.